The molecule has 0 fully saturated rings. The fourth-order valence-corrected chi connectivity index (χ4v) is 8.16. The highest BCUT2D eigenvalue weighted by atomic mass is 15.1. The lowest BCUT2D eigenvalue weighted by Gasteiger charge is -2.26. The molecule has 0 saturated heterocycles. The van der Waals surface area contributed by atoms with Crippen LogP contribution in [0.1, 0.15) is 18.4 Å². The van der Waals surface area contributed by atoms with Gasteiger partial charge in [0, 0.05) is 38.9 Å². The Morgan fingerprint density at radius 2 is 1.00 bits per heavy atom. The number of hydrogen-bond acceptors (Lipinski definition) is 1. The van der Waals surface area contributed by atoms with Gasteiger partial charge < -0.3 is 9.47 Å². The van der Waals surface area contributed by atoms with Crippen LogP contribution < -0.4 is 4.90 Å². The van der Waals surface area contributed by atoms with Gasteiger partial charge in [0.15, 0.2) is 0 Å². The SMILES string of the molecule is C1=CCCC(c2ccc(N(c3ccc(-c4ccccc4)cc3)c3ccc(-c4ccc5c(c4)c4ccc6ccccc6c4n5-c4ccccc4)cc3)cc2)=C1. The van der Waals surface area contributed by atoms with Crippen LogP contribution in [0.15, 0.2) is 206 Å². The van der Waals surface area contributed by atoms with Crippen molar-refractivity contribution in [3.8, 4) is 27.9 Å². The second-order valence-corrected chi connectivity index (χ2v) is 14.1. The van der Waals surface area contributed by atoms with E-state index < -0.39 is 0 Å². The quantitative estimate of drug-likeness (QED) is 0.162. The number of aromatic nitrogens is 1. The Hall–Kier alpha value is -6.90. The van der Waals surface area contributed by atoms with Gasteiger partial charge in [-0.05, 0) is 112 Å². The maximum atomic E-state index is 2.42. The summed E-state index contributed by atoms with van der Waals surface area (Å²) >= 11 is 0. The summed E-state index contributed by atoms with van der Waals surface area (Å²) in [6.07, 6.45) is 8.84. The van der Waals surface area contributed by atoms with Gasteiger partial charge in [0.05, 0.1) is 11.0 Å². The van der Waals surface area contributed by atoms with E-state index in [9.17, 15) is 0 Å². The molecule has 8 aromatic carbocycles. The van der Waals surface area contributed by atoms with Crippen LogP contribution in [0, 0.1) is 0 Å². The zero-order valence-electron chi connectivity index (χ0n) is 29.9. The summed E-state index contributed by atoms with van der Waals surface area (Å²) < 4.78 is 2.42. The second-order valence-electron chi connectivity index (χ2n) is 14.1. The summed E-state index contributed by atoms with van der Waals surface area (Å²) in [5.74, 6) is 0. The molecule has 1 aliphatic carbocycles. The number of benzene rings is 8. The van der Waals surface area contributed by atoms with Crippen molar-refractivity contribution < 1.29 is 0 Å². The van der Waals surface area contributed by atoms with Crippen molar-refractivity contribution in [3.05, 3.63) is 212 Å². The number of nitrogens with zero attached hydrogens (tertiary/aromatic N) is 2. The van der Waals surface area contributed by atoms with Crippen LogP contribution in [-0.2, 0) is 0 Å². The van der Waals surface area contributed by atoms with Crippen molar-refractivity contribution in [1.82, 2.24) is 4.57 Å². The molecule has 1 aliphatic rings. The van der Waals surface area contributed by atoms with Gasteiger partial charge in [0.2, 0.25) is 0 Å². The molecule has 0 aliphatic heterocycles. The fraction of sp³-hybridized carbons (Fsp3) is 0.0385. The van der Waals surface area contributed by atoms with Crippen LogP contribution in [0.5, 0.6) is 0 Å². The number of fused-ring (bicyclic) bond motifs is 5. The molecule has 1 aromatic heterocycles. The average molecular weight is 691 g/mol. The van der Waals surface area contributed by atoms with E-state index in [1.165, 1.54) is 71.7 Å². The van der Waals surface area contributed by atoms with E-state index in [1.54, 1.807) is 0 Å². The second kappa shape index (κ2) is 13.6. The van der Waals surface area contributed by atoms with E-state index in [4.69, 9.17) is 0 Å². The first-order valence-electron chi connectivity index (χ1n) is 18.8. The third-order valence-electron chi connectivity index (χ3n) is 10.9. The molecule has 0 radical (unpaired) electrons. The van der Waals surface area contributed by atoms with Crippen molar-refractivity contribution >= 4 is 55.2 Å². The molecule has 2 heteroatoms. The first kappa shape index (κ1) is 31.8. The van der Waals surface area contributed by atoms with Gasteiger partial charge >= 0.3 is 0 Å². The summed E-state index contributed by atoms with van der Waals surface area (Å²) in [5.41, 5.74) is 14.5. The summed E-state index contributed by atoms with van der Waals surface area (Å²) in [6.45, 7) is 0. The highest BCUT2D eigenvalue weighted by Crippen LogP contribution is 2.40. The maximum absolute atomic E-state index is 2.42. The molecule has 0 spiro atoms. The van der Waals surface area contributed by atoms with Gasteiger partial charge in [-0.15, -0.1) is 0 Å². The Balaban J connectivity index is 1.05. The predicted molar refractivity (Wildman–Crippen MR) is 230 cm³/mol. The summed E-state index contributed by atoms with van der Waals surface area (Å²) in [4.78, 5) is 2.36. The third kappa shape index (κ3) is 5.70. The fourth-order valence-electron chi connectivity index (χ4n) is 8.16. The van der Waals surface area contributed by atoms with Crippen molar-refractivity contribution in [2.45, 2.75) is 12.8 Å². The molecule has 0 atom stereocenters. The number of allylic oxidation sites excluding steroid dienone is 4. The minimum absolute atomic E-state index is 1.08. The van der Waals surface area contributed by atoms with Gasteiger partial charge in [0.1, 0.15) is 0 Å². The molecule has 10 rings (SSSR count). The molecule has 0 amide bonds. The lowest BCUT2D eigenvalue weighted by molar-refractivity contribution is 1.05. The van der Waals surface area contributed by atoms with Crippen molar-refractivity contribution in [1.29, 1.82) is 0 Å². The lowest BCUT2D eigenvalue weighted by atomic mass is 9.97. The highest BCUT2D eigenvalue weighted by molar-refractivity contribution is 6.19. The van der Waals surface area contributed by atoms with Crippen LogP contribution >= 0.6 is 0 Å². The number of para-hydroxylation sites is 1. The van der Waals surface area contributed by atoms with Crippen LogP contribution in [0.2, 0.25) is 0 Å². The van der Waals surface area contributed by atoms with Crippen LogP contribution in [0.3, 0.4) is 0 Å². The highest BCUT2D eigenvalue weighted by Gasteiger charge is 2.17. The van der Waals surface area contributed by atoms with Gasteiger partial charge in [-0.2, -0.15) is 0 Å². The van der Waals surface area contributed by atoms with Gasteiger partial charge in [-0.3, -0.25) is 0 Å². The Kier molecular flexibility index (Phi) is 8.00. The normalized spacial score (nSPS) is 12.7. The molecular formula is C52H38N2. The van der Waals surface area contributed by atoms with Gasteiger partial charge in [-0.1, -0.05) is 146 Å². The van der Waals surface area contributed by atoms with Crippen LogP contribution in [-0.4, -0.2) is 4.57 Å². The van der Waals surface area contributed by atoms with Crippen LogP contribution in [0.4, 0.5) is 17.1 Å². The van der Waals surface area contributed by atoms with Gasteiger partial charge in [0.25, 0.3) is 0 Å². The monoisotopic (exact) mass is 690 g/mol. The zero-order valence-corrected chi connectivity index (χ0v) is 29.9. The van der Waals surface area contributed by atoms with Crippen molar-refractivity contribution in [2.75, 3.05) is 4.90 Å². The van der Waals surface area contributed by atoms with E-state index in [1.807, 2.05) is 0 Å². The Labute approximate surface area is 316 Å². The summed E-state index contributed by atoms with van der Waals surface area (Å²) in [5, 5.41) is 5.03. The first-order valence-corrected chi connectivity index (χ1v) is 18.8. The molecule has 0 saturated carbocycles. The van der Waals surface area contributed by atoms with Crippen molar-refractivity contribution in [2.24, 2.45) is 0 Å². The minimum atomic E-state index is 1.08. The van der Waals surface area contributed by atoms with E-state index >= 15 is 0 Å². The Bertz CT molecular complexity index is 2820. The molecule has 2 nitrogen and oxygen atoms in total. The smallest absolute Gasteiger partial charge is 0.0619 e. The molecule has 0 bridgehead atoms. The Morgan fingerprint density at radius 1 is 0.426 bits per heavy atom. The Morgan fingerprint density at radius 3 is 1.67 bits per heavy atom. The van der Waals surface area contributed by atoms with Crippen molar-refractivity contribution in [3.63, 3.8) is 0 Å². The van der Waals surface area contributed by atoms with E-state index in [2.05, 4.69) is 216 Å². The minimum Gasteiger partial charge on any atom is -0.311 e. The van der Waals surface area contributed by atoms with E-state index in [-0.39, 0.29) is 0 Å². The van der Waals surface area contributed by atoms with E-state index in [0.717, 1.165) is 29.9 Å². The first-order chi connectivity index (χ1) is 26.8. The number of hydrogen-bond donors (Lipinski definition) is 0. The summed E-state index contributed by atoms with van der Waals surface area (Å²) in [7, 11) is 0. The molecular weight excluding hydrogens is 653 g/mol. The van der Waals surface area contributed by atoms with Crippen LogP contribution in [0.25, 0.3) is 66.1 Å². The molecule has 0 N–H and O–H groups in total. The van der Waals surface area contributed by atoms with Gasteiger partial charge in [-0.25, -0.2) is 0 Å². The molecule has 0 unspecified atom stereocenters. The van der Waals surface area contributed by atoms with E-state index in [0.29, 0.717) is 0 Å². The molecule has 1 heterocycles. The molecule has 54 heavy (non-hydrogen) atoms. The summed E-state index contributed by atoms with van der Waals surface area (Å²) in [6, 6.07) is 68.5. The molecule has 9 aromatic rings. The maximum Gasteiger partial charge on any atom is 0.0619 e. The zero-order chi connectivity index (χ0) is 35.8. The topological polar surface area (TPSA) is 8.17 Å². The number of rotatable bonds is 7. The predicted octanol–water partition coefficient (Wildman–Crippen LogP) is 14.5. The number of anilines is 3. The average Bonchev–Trinajstić information content (AvgIpc) is 3.60. The third-order valence-corrected chi connectivity index (χ3v) is 10.9. The largest absolute Gasteiger partial charge is 0.311 e. The molecule has 256 valence electrons. The lowest BCUT2D eigenvalue weighted by Crippen LogP contribution is -2.10. The standard InChI is InChI=1S/C52H38N2/c1-4-12-37(13-5-1)39-20-28-45(29-21-39)53(46-30-22-40(23-31-46)38-14-6-2-7-15-38)47-32-24-41(25-33-47)43-27-35-51-50(36-43)49-34-26-42-16-10-11-19-48(42)52(49)54(51)44-17-8-3-9-18-44/h1-6,8-14,16-36H,7,15H2.